The van der Waals surface area contributed by atoms with E-state index in [1.807, 2.05) is 0 Å². The van der Waals surface area contributed by atoms with Gasteiger partial charge in [0.05, 0.1) is 6.10 Å². The lowest BCUT2D eigenvalue weighted by atomic mass is 9.68. The molecule has 0 heterocycles. The average molecular weight is 293 g/mol. The molecule has 0 spiro atoms. The van der Waals surface area contributed by atoms with Gasteiger partial charge in [-0.1, -0.05) is 31.9 Å². The molecular formula is C20H36O. The average Bonchev–Trinajstić information content (AvgIpc) is 2.55. The molecule has 2 aliphatic carbocycles. The number of rotatable bonds is 6. The predicted molar refractivity (Wildman–Crippen MR) is 91.2 cm³/mol. The van der Waals surface area contributed by atoms with Gasteiger partial charge < -0.3 is 5.11 Å². The predicted octanol–water partition coefficient (Wildman–Crippen LogP) is 5.73. The van der Waals surface area contributed by atoms with Crippen LogP contribution in [-0.2, 0) is 0 Å². The van der Waals surface area contributed by atoms with Crippen LogP contribution in [0.4, 0.5) is 0 Å². The van der Waals surface area contributed by atoms with Crippen molar-refractivity contribution < 1.29 is 5.11 Å². The van der Waals surface area contributed by atoms with Crippen LogP contribution in [0.25, 0.3) is 0 Å². The van der Waals surface area contributed by atoms with Gasteiger partial charge in [0.15, 0.2) is 0 Å². The van der Waals surface area contributed by atoms with Gasteiger partial charge in [-0.15, -0.1) is 0 Å². The molecule has 0 bridgehead atoms. The summed E-state index contributed by atoms with van der Waals surface area (Å²) >= 11 is 0. The van der Waals surface area contributed by atoms with Gasteiger partial charge >= 0.3 is 0 Å². The van der Waals surface area contributed by atoms with E-state index in [1.54, 1.807) is 0 Å². The Morgan fingerprint density at radius 1 is 0.952 bits per heavy atom. The Morgan fingerprint density at radius 2 is 1.52 bits per heavy atom. The number of hydrogen-bond acceptors (Lipinski definition) is 1. The maximum absolute atomic E-state index is 10.0. The molecule has 1 unspecified atom stereocenters. The second-order valence-corrected chi connectivity index (χ2v) is 7.58. The Morgan fingerprint density at radius 3 is 2.05 bits per heavy atom. The second kappa shape index (κ2) is 8.98. The third-order valence-electron chi connectivity index (χ3n) is 6.31. The summed E-state index contributed by atoms with van der Waals surface area (Å²) in [6, 6.07) is 0. The van der Waals surface area contributed by atoms with Gasteiger partial charge in [0, 0.05) is 0 Å². The first-order valence-corrected chi connectivity index (χ1v) is 9.53. The van der Waals surface area contributed by atoms with Crippen LogP contribution in [0.3, 0.4) is 0 Å². The summed E-state index contributed by atoms with van der Waals surface area (Å²) < 4.78 is 0. The van der Waals surface area contributed by atoms with Gasteiger partial charge in [0.2, 0.25) is 0 Å². The van der Waals surface area contributed by atoms with Crippen molar-refractivity contribution >= 4 is 0 Å². The lowest BCUT2D eigenvalue weighted by Gasteiger charge is -2.38. The first-order valence-electron chi connectivity index (χ1n) is 9.53. The fraction of sp³-hybridized carbons (Fsp3) is 0.900. The summed E-state index contributed by atoms with van der Waals surface area (Å²) in [7, 11) is 0. The molecule has 0 aromatic heterocycles. The van der Waals surface area contributed by atoms with E-state index in [0.717, 1.165) is 24.2 Å². The quantitative estimate of drug-likeness (QED) is 0.620. The van der Waals surface area contributed by atoms with Crippen LogP contribution >= 0.6 is 0 Å². The number of aliphatic hydroxyl groups is 1. The highest BCUT2D eigenvalue weighted by Crippen LogP contribution is 2.42. The fourth-order valence-electron chi connectivity index (χ4n) is 4.78. The molecular weight excluding hydrogens is 256 g/mol. The number of aliphatic hydroxyl groups excluding tert-OH is 1. The molecule has 1 heteroatoms. The van der Waals surface area contributed by atoms with E-state index in [1.165, 1.54) is 64.2 Å². The summed E-state index contributed by atoms with van der Waals surface area (Å²) in [5.74, 6) is 3.57. The molecule has 122 valence electrons. The van der Waals surface area contributed by atoms with Crippen LogP contribution in [-0.4, -0.2) is 11.2 Å². The van der Waals surface area contributed by atoms with E-state index in [2.05, 4.69) is 26.0 Å². The van der Waals surface area contributed by atoms with Gasteiger partial charge in [-0.2, -0.15) is 0 Å². The lowest BCUT2D eigenvalue weighted by molar-refractivity contribution is 0.0546. The topological polar surface area (TPSA) is 20.2 Å². The second-order valence-electron chi connectivity index (χ2n) is 7.58. The van der Waals surface area contributed by atoms with Crippen molar-refractivity contribution in [1.29, 1.82) is 0 Å². The van der Waals surface area contributed by atoms with Crippen LogP contribution in [0.2, 0.25) is 0 Å². The van der Waals surface area contributed by atoms with E-state index < -0.39 is 0 Å². The summed E-state index contributed by atoms with van der Waals surface area (Å²) in [6.07, 6.45) is 19.3. The highest BCUT2D eigenvalue weighted by molar-refractivity contribution is 4.85. The third kappa shape index (κ3) is 5.13. The van der Waals surface area contributed by atoms with E-state index in [0.29, 0.717) is 5.92 Å². The van der Waals surface area contributed by atoms with E-state index in [9.17, 15) is 5.11 Å². The molecule has 2 saturated carbocycles. The van der Waals surface area contributed by atoms with E-state index in [-0.39, 0.29) is 6.10 Å². The Labute approximate surface area is 132 Å². The van der Waals surface area contributed by atoms with Gasteiger partial charge in [-0.05, 0) is 88.4 Å². The smallest absolute Gasteiger partial charge is 0.0565 e. The minimum atomic E-state index is -0.0340. The number of allylic oxidation sites excluding steroid dienone is 2. The van der Waals surface area contributed by atoms with Crippen LogP contribution in [0.15, 0.2) is 12.2 Å². The summed E-state index contributed by atoms with van der Waals surface area (Å²) in [5, 5.41) is 10.0. The van der Waals surface area contributed by atoms with Crippen molar-refractivity contribution in [2.75, 3.05) is 0 Å². The normalized spacial score (nSPS) is 36.0. The molecule has 1 N–H and O–H groups in total. The lowest BCUT2D eigenvalue weighted by Crippen LogP contribution is -2.29. The van der Waals surface area contributed by atoms with Gasteiger partial charge in [0.1, 0.15) is 0 Å². The molecule has 1 nitrogen and oxygen atoms in total. The maximum Gasteiger partial charge on any atom is 0.0565 e. The molecule has 21 heavy (non-hydrogen) atoms. The highest BCUT2D eigenvalue weighted by atomic mass is 16.3. The van der Waals surface area contributed by atoms with Gasteiger partial charge in [-0.25, -0.2) is 0 Å². The first kappa shape index (κ1) is 17.1. The Hall–Kier alpha value is -0.300. The maximum atomic E-state index is 10.0. The molecule has 2 aliphatic rings. The Balaban J connectivity index is 1.67. The minimum absolute atomic E-state index is 0.0340. The van der Waals surface area contributed by atoms with Gasteiger partial charge in [0.25, 0.3) is 0 Å². The van der Waals surface area contributed by atoms with Crippen molar-refractivity contribution in [3.63, 3.8) is 0 Å². The molecule has 1 atom stereocenters. The largest absolute Gasteiger partial charge is 0.393 e. The standard InChI is InChI=1S/C20H36O/c1-3-5-6-7-16-8-10-17(11-9-16)18-12-14-19(15-13-18)20(21)4-2/h3,5,16-21H,4,6-15H2,1-2H3/t16-,17-,18-,19-,20?. The van der Waals surface area contributed by atoms with Crippen LogP contribution in [0.1, 0.15) is 84.5 Å². The van der Waals surface area contributed by atoms with Gasteiger partial charge in [-0.3, -0.25) is 0 Å². The van der Waals surface area contributed by atoms with Crippen molar-refractivity contribution in [3.8, 4) is 0 Å². The van der Waals surface area contributed by atoms with Crippen LogP contribution < -0.4 is 0 Å². The monoisotopic (exact) mass is 292 g/mol. The fourth-order valence-corrected chi connectivity index (χ4v) is 4.78. The first-order chi connectivity index (χ1) is 10.2. The third-order valence-corrected chi connectivity index (χ3v) is 6.31. The Kier molecular flexibility index (Phi) is 7.29. The minimum Gasteiger partial charge on any atom is -0.393 e. The molecule has 0 saturated heterocycles. The zero-order valence-electron chi connectivity index (χ0n) is 14.3. The highest BCUT2D eigenvalue weighted by Gasteiger charge is 2.32. The SMILES string of the molecule is CC=CCC[C@H]1CC[C@H]([C@H]2CC[C@H](C(O)CC)CC2)CC1. The molecule has 2 rings (SSSR count). The summed E-state index contributed by atoms with van der Waals surface area (Å²) in [5.41, 5.74) is 0. The van der Waals surface area contributed by atoms with Crippen molar-refractivity contribution in [2.24, 2.45) is 23.7 Å². The summed E-state index contributed by atoms with van der Waals surface area (Å²) in [6.45, 7) is 4.24. The number of hydrogen-bond donors (Lipinski definition) is 1. The van der Waals surface area contributed by atoms with E-state index in [4.69, 9.17) is 0 Å². The van der Waals surface area contributed by atoms with Crippen molar-refractivity contribution in [3.05, 3.63) is 12.2 Å². The summed E-state index contributed by atoms with van der Waals surface area (Å²) in [4.78, 5) is 0. The molecule has 0 amide bonds. The zero-order valence-corrected chi connectivity index (χ0v) is 14.3. The molecule has 0 aliphatic heterocycles. The van der Waals surface area contributed by atoms with Crippen molar-refractivity contribution in [1.82, 2.24) is 0 Å². The van der Waals surface area contributed by atoms with Crippen LogP contribution in [0.5, 0.6) is 0 Å². The zero-order chi connectivity index (χ0) is 15.1. The Bertz CT molecular complexity index is 293. The molecule has 0 aromatic rings. The van der Waals surface area contributed by atoms with Crippen molar-refractivity contribution in [2.45, 2.75) is 90.6 Å². The van der Waals surface area contributed by atoms with Crippen LogP contribution in [0, 0.1) is 23.7 Å². The van der Waals surface area contributed by atoms with E-state index >= 15 is 0 Å². The molecule has 0 radical (unpaired) electrons. The molecule has 2 fully saturated rings. The molecule has 0 aromatic carbocycles.